The van der Waals surface area contributed by atoms with Gasteiger partial charge < -0.3 is 10.5 Å². The molecule has 0 saturated carbocycles. The molecule has 2 N–H and O–H groups in total. The molecule has 0 radical (unpaired) electrons. The maximum absolute atomic E-state index is 13.0. The van der Waals surface area contributed by atoms with Crippen molar-refractivity contribution in [2.75, 3.05) is 5.73 Å². The highest BCUT2D eigenvalue weighted by atomic mass is 35.5. The molecule has 2 rings (SSSR count). The van der Waals surface area contributed by atoms with Crippen LogP contribution in [0, 0.1) is 11.6 Å². The summed E-state index contributed by atoms with van der Waals surface area (Å²) in [6.07, 6.45) is 0. The predicted octanol–water partition coefficient (Wildman–Crippen LogP) is 3.99. The van der Waals surface area contributed by atoms with Crippen LogP contribution in [0.15, 0.2) is 36.4 Å². The van der Waals surface area contributed by atoms with E-state index in [4.69, 9.17) is 22.1 Å². The second kappa shape index (κ2) is 4.59. The topological polar surface area (TPSA) is 35.2 Å². The highest BCUT2D eigenvalue weighted by Crippen LogP contribution is 2.31. The van der Waals surface area contributed by atoms with Crippen molar-refractivity contribution < 1.29 is 13.5 Å². The number of hydrogen-bond acceptors (Lipinski definition) is 2. The molecule has 0 aliphatic carbocycles. The zero-order valence-electron chi connectivity index (χ0n) is 8.58. The minimum Gasteiger partial charge on any atom is -0.455 e. The lowest BCUT2D eigenvalue weighted by molar-refractivity contribution is 0.481. The lowest BCUT2D eigenvalue weighted by Crippen LogP contribution is -1.94. The zero-order chi connectivity index (χ0) is 12.4. The quantitative estimate of drug-likeness (QED) is 0.824. The molecule has 5 heteroatoms. The van der Waals surface area contributed by atoms with Gasteiger partial charge in [0.05, 0.1) is 10.7 Å². The molecule has 2 aromatic rings. The summed E-state index contributed by atoms with van der Waals surface area (Å²) in [6, 6.07) is 7.71. The van der Waals surface area contributed by atoms with E-state index in [0.717, 1.165) is 6.07 Å². The minimum atomic E-state index is -0.615. The Bertz CT molecular complexity index is 543. The molecule has 2 aromatic carbocycles. The van der Waals surface area contributed by atoms with Gasteiger partial charge in [0.25, 0.3) is 0 Å². The van der Waals surface area contributed by atoms with E-state index < -0.39 is 5.82 Å². The molecular weight excluding hydrogens is 248 g/mol. The van der Waals surface area contributed by atoms with Crippen LogP contribution in [0.3, 0.4) is 0 Å². The van der Waals surface area contributed by atoms with E-state index in [2.05, 4.69) is 0 Å². The Morgan fingerprint density at radius 2 is 1.71 bits per heavy atom. The molecule has 0 fully saturated rings. The Morgan fingerprint density at radius 3 is 2.35 bits per heavy atom. The molecule has 0 bridgehead atoms. The first-order valence-corrected chi connectivity index (χ1v) is 5.12. The molecule has 0 unspecified atom stereocenters. The van der Waals surface area contributed by atoms with Gasteiger partial charge in [0.1, 0.15) is 17.4 Å². The molecule has 17 heavy (non-hydrogen) atoms. The van der Waals surface area contributed by atoms with E-state index in [9.17, 15) is 8.78 Å². The molecule has 0 aromatic heterocycles. The van der Waals surface area contributed by atoms with Crippen LogP contribution in [0.2, 0.25) is 5.02 Å². The van der Waals surface area contributed by atoms with Crippen molar-refractivity contribution in [3.05, 3.63) is 53.1 Å². The lowest BCUT2D eigenvalue weighted by atomic mass is 10.3. The fourth-order valence-electron chi connectivity index (χ4n) is 1.26. The summed E-state index contributed by atoms with van der Waals surface area (Å²) in [7, 11) is 0. The second-order valence-corrected chi connectivity index (χ2v) is 3.77. The van der Waals surface area contributed by atoms with Gasteiger partial charge in [0.15, 0.2) is 5.75 Å². The van der Waals surface area contributed by atoms with Crippen molar-refractivity contribution in [1.29, 1.82) is 0 Å². The summed E-state index contributed by atoms with van der Waals surface area (Å²) in [5, 5.41) is -0.0867. The molecule has 88 valence electrons. The molecule has 2 nitrogen and oxygen atoms in total. The van der Waals surface area contributed by atoms with E-state index in [1.165, 1.54) is 30.3 Å². The predicted molar refractivity (Wildman–Crippen MR) is 62.3 cm³/mol. The van der Waals surface area contributed by atoms with Crippen LogP contribution in [0.1, 0.15) is 0 Å². The molecule has 0 atom stereocenters. The van der Waals surface area contributed by atoms with Crippen LogP contribution >= 0.6 is 11.6 Å². The van der Waals surface area contributed by atoms with Crippen LogP contribution in [0.4, 0.5) is 14.5 Å². The first-order valence-electron chi connectivity index (χ1n) is 4.74. The van der Waals surface area contributed by atoms with Crippen molar-refractivity contribution in [3.63, 3.8) is 0 Å². The van der Waals surface area contributed by atoms with Crippen molar-refractivity contribution in [2.24, 2.45) is 0 Å². The maximum atomic E-state index is 13.0. The SMILES string of the molecule is Nc1cc(F)c(Cl)cc1Oc1ccc(F)cc1. The van der Waals surface area contributed by atoms with Crippen LogP contribution < -0.4 is 10.5 Å². The normalized spacial score (nSPS) is 10.3. The maximum Gasteiger partial charge on any atom is 0.151 e. The number of nitrogen functional groups attached to an aromatic ring is 1. The van der Waals surface area contributed by atoms with Gasteiger partial charge in [0.2, 0.25) is 0 Å². The highest BCUT2D eigenvalue weighted by molar-refractivity contribution is 6.31. The third-order valence-electron chi connectivity index (χ3n) is 2.09. The molecule has 0 amide bonds. The van der Waals surface area contributed by atoms with Gasteiger partial charge in [0, 0.05) is 12.1 Å². The third kappa shape index (κ3) is 2.65. The fourth-order valence-corrected chi connectivity index (χ4v) is 1.42. The average molecular weight is 256 g/mol. The molecule has 0 aliphatic rings. The largest absolute Gasteiger partial charge is 0.455 e. The number of nitrogens with two attached hydrogens (primary N) is 1. The number of halogens is 3. The second-order valence-electron chi connectivity index (χ2n) is 3.36. The van der Waals surface area contributed by atoms with Crippen molar-refractivity contribution in [2.45, 2.75) is 0 Å². The van der Waals surface area contributed by atoms with Crippen LogP contribution in [-0.4, -0.2) is 0 Å². The van der Waals surface area contributed by atoms with Crippen molar-refractivity contribution in [1.82, 2.24) is 0 Å². The first-order chi connectivity index (χ1) is 8.06. The summed E-state index contributed by atoms with van der Waals surface area (Å²) in [5.41, 5.74) is 5.69. The zero-order valence-corrected chi connectivity index (χ0v) is 9.34. The molecule has 0 aliphatic heterocycles. The first kappa shape index (κ1) is 11.7. The number of hydrogen-bond donors (Lipinski definition) is 1. The van der Waals surface area contributed by atoms with Gasteiger partial charge in [-0.25, -0.2) is 8.78 Å². The molecule has 0 saturated heterocycles. The summed E-state index contributed by atoms with van der Waals surface area (Å²) >= 11 is 5.61. The van der Waals surface area contributed by atoms with Crippen molar-refractivity contribution in [3.8, 4) is 11.5 Å². The van der Waals surface area contributed by atoms with Crippen LogP contribution in [0.25, 0.3) is 0 Å². The number of ether oxygens (including phenoxy) is 1. The third-order valence-corrected chi connectivity index (χ3v) is 2.38. The van der Waals surface area contributed by atoms with Crippen LogP contribution in [0.5, 0.6) is 11.5 Å². The standard InChI is InChI=1S/C12H8ClF2NO/c13-9-5-12(11(16)6-10(9)15)17-8-3-1-7(14)2-4-8/h1-6H,16H2. The van der Waals surface area contributed by atoms with Crippen LogP contribution in [-0.2, 0) is 0 Å². The summed E-state index contributed by atoms with van der Waals surface area (Å²) in [6.45, 7) is 0. The van der Waals surface area contributed by atoms with Gasteiger partial charge in [-0.1, -0.05) is 11.6 Å². The Hall–Kier alpha value is -1.81. The van der Waals surface area contributed by atoms with Gasteiger partial charge in [-0.05, 0) is 24.3 Å². The van der Waals surface area contributed by atoms with Crippen molar-refractivity contribution >= 4 is 17.3 Å². The van der Waals surface area contributed by atoms with E-state index >= 15 is 0 Å². The van der Waals surface area contributed by atoms with E-state index in [1.54, 1.807) is 0 Å². The van der Waals surface area contributed by atoms with Gasteiger partial charge in [-0.15, -0.1) is 0 Å². The van der Waals surface area contributed by atoms with Gasteiger partial charge in [-0.3, -0.25) is 0 Å². The Labute approximate surface area is 102 Å². The van der Waals surface area contributed by atoms with E-state index in [-0.39, 0.29) is 22.3 Å². The monoisotopic (exact) mass is 255 g/mol. The summed E-state index contributed by atoms with van der Waals surface area (Å²) in [5.74, 6) is -0.373. The van der Waals surface area contributed by atoms with E-state index in [0.29, 0.717) is 5.75 Å². The number of anilines is 1. The summed E-state index contributed by atoms with van der Waals surface area (Å²) in [4.78, 5) is 0. The van der Waals surface area contributed by atoms with E-state index in [1.807, 2.05) is 0 Å². The average Bonchev–Trinajstić information content (AvgIpc) is 2.29. The van der Waals surface area contributed by atoms with Gasteiger partial charge in [-0.2, -0.15) is 0 Å². The molecular formula is C12H8ClF2NO. The fraction of sp³-hybridized carbons (Fsp3) is 0. The Kier molecular flexibility index (Phi) is 3.15. The van der Waals surface area contributed by atoms with Gasteiger partial charge >= 0.3 is 0 Å². The number of benzene rings is 2. The lowest BCUT2D eigenvalue weighted by Gasteiger charge is -2.09. The highest BCUT2D eigenvalue weighted by Gasteiger charge is 2.08. The minimum absolute atomic E-state index is 0.0867. The number of rotatable bonds is 2. The molecule has 0 spiro atoms. The Morgan fingerprint density at radius 1 is 1.06 bits per heavy atom. The Balaban J connectivity index is 2.30. The summed E-state index contributed by atoms with van der Waals surface area (Å²) < 4.78 is 31.1. The smallest absolute Gasteiger partial charge is 0.151 e. The molecule has 0 heterocycles.